The van der Waals surface area contributed by atoms with E-state index in [0.717, 1.165) is 34.9 Å². The van der Waals surface area contributed by atoms with Gasteiger partial charge in [0.15, 0.2) is 0 Å². The predicted molar refractivity (Wildman–Crippen MR) is 172 cm³/mol. The number of ether oxygens (including phenoxy) is 1. The lowest BCUT2D eigenvalue weighted by molar-refractivity contribution is 0.262. The van der Waals surface area contributed by atoms with Crippen LogP contribution in [0, 0.1) is 0 Å². The summed E-state index contributed by atoms with van der Waals surface area (Å²) >= 11 is 0. The van der Waals surface area contributed by atoms with Crippen LogP contribution in [0.2, 0.25) is 0 Å². The number of rotatable bonds is 9. The van der Waals surface area contributed by atoms with Gasteiger partial charge in [-0.2, -0.15) is 0 Å². The summed E-state index contributed by atoms with van der Waals surface area (Å²) in [7, 11) is 1.60. The Morgan fingerprint density at radius 2 is 1.86 bits per heavy atom. The Labute approximate surface area is 251 Å². The van der Waals surface area contributed by atoms with E-state index >= 15 is 0 Å². The van der Waals surface area contributed by atoms with Crippen molar-refractivity contribution in [2.24, 2.45) is 0 Å². The molecule has 43 heavy (non-hydrogen) atoms. The number of hydrogen-bond acceptors (Lipinski definition) is 5. The SMILES string of the molecule is CCCCn1c(=O)c(NC(=O)Nc2cc(Cn3ccnc3)ccc2C(C)(C)C)c(-c2cccc(OC)c2)c2cccnc21. The number of unbranched alkanes of at least 4 members (excludes halogenated alkanes) is 1. The van der Waals surface area contributed by atoms with E-state index in [2.05, 4.69) is 54.4 Å². The van der Waals surface area contributed by atoms with Crippen molar-refractivity contribution in [2.45, 2.75) is 59.0 Å². The minimum Gasteiger partial charge on any atom is -0.497 e. The zero-order chi connectivity index (χ0) is 30.6. The molecular formula is C34H38N6O3. The molecule has 222 valence electrons. The van der Waals surface area contributed by atoms with Crippen LogP contribution < -0.4 is 20.9 Å². The highest BCUT2D eigenvalue weighted by Gasteiger charge is 2.23. The molecule has 0 aliphatic carbocycles. The molecule has 5 rings (SSSR count). The molecule has 0 unspecified atom stereocenters. The number of fused-ring (bicyclic) bond motifs is 1. The van der Waals surface area contributed by atoms with E-state index in [4.69, 9.17) is 4.74 Å². The minimum absolute atomic E-state index is 0.189. The van der Waals surface area contributed by atoms with Gasteiger partial charge >= 0.3 is 6.03 Å². The van der Waals surface area contributed by atoms with Crippen molar-refractivity contribution >= 4 is 28.4 Å². The standard InChI is InChI=1S/C34H38N6O3/c1-6-7-17-40-31-26(12-9-15-36-31)29(24-10-8-11-25(20-24)43-5)30(32(40)41)38-33(42)37-28-19-23(21-39-18-16-35-22-39)13-14-27(28)34(2,3)4/h8-16,18-20,22H,6-7,17,21H2,1-5H3,(H2,37,38,42). The maximum Gasteiger partial charge on any atom is 0.323 e. The van der Waals surface area contributed by atoms with Crippen LogP contribution >= 0.6 is 0 Å². The van der Waals surface area contributed by atoms with Gasteiger partial charge in [-0.3, -0.25) is 9.36 Å². The quantitative estimate of drug-likeness (QED) is 0.195. The summed E-state index contributed by atoms with van der Waals surface area (Å²) in [6.45, 7) is 9.48. The van der Waals surface area contributed by atoms with Crippen LogP contribution in [0.4, 0.5) is 16.2 Å². The molecule has 0 radical (unpaired) electrons. The van der Waals surface area contributed by atoms with Crippen LogP contribution in [0.5, 0.6) is 5.75 Å². The Bertz CT molecular complexity index is 1800. The van der Waals surface area contributed by atoms with Gasteiger partial charge in [-0.25, -0.2) is 14.8 Å². The molecule has 0 atom stereocenters. The van der Waals surface area contributed by atoms with Gasteiger partial charge in [0.25, 0.3) is 5.56 Å². The molecule has 2 amide bonds. The summed E-state index contributed by atoms with van der Waals surface area (Å²) < 4.78 is 9.11. The van der Waals surface area contributed by atoms with E-state index in [1.165, 1.54) is 0 Å². The topological polar surface area (TPSA) is 103 Å². The number of urea groups is 1. The van der Waals surface area contributed by atoms with E-state index in [9.17, 15) is 9.59 Å². The van der Waals surface area contributed by atoms with E-state index in [0.29, 0.717) is 35.7 Å². The summed E-state index contributed by atoms with van der Waals surface area (Å²) in [6.07, 6.45) is 8.79. The van der Waals surface area contributed by atoms with E-state index < -0.39 is 6.03 Å². The van der Waals surface area contributed by atoms with Gasteiger partial charge in [-0.15, -0.1) is 0 Å². The van der Waals surface area contributed by atoms with Crippen molar-refractivity contribution in [3.05, 3.63) is 101 Å². The number of hydrogen-bond donors (Lipinski definition) is 2. The highest BCUT2D eigenvalue weighted by atomic mass is 16.5. The molecule has 2 aromatic carbocycles. The molecule has 0 saturated heterocycles. The molecular weight excluding hydrogens is 540 g/mol. The Morgan fingerprint density at radius 3 is 2.58 bits per heavy atom. The largest absolute Gasteiger partial charge is 0.497 e. The third-order valence-electron chi connectivity index (χ3n) is 7.42. The van der Waals surface area contributed by atoms with Gasteiger partial charge in [0.1, 0.15) is 17.1 Å². The van der Waals surface area contributed by atoms with Crippen LogP contribution in [0.1, 0.15) is 51.7 Å². The first-order valence-electron chi connectivity index (χ1n) is 14.5. The molecule has 5 aromatic rings. The van der Waals surface area contributed by atoms with E-state index in [1.807, 2.05) is 59.3 Å². The molecule has 0 fully saturated rings. The van der Waals surface area contributed by atoms with Gasteiger partial charge in [0.05, 0.1) is 13.4 Å². The molecule has 0 bridgehead atoms. The fourth-order valence-electron chi connectivity index (χ4n) is 5.30. The number of carbonyl (C=O) groups is 1. The second-order valence-corrected chi connectivity index (χ2v) is 11.6. The summed E-state index contributed by atoms with van der Waals surface area (Å²) in [5, 5.41) is 6.77. The summed E-state index contributed by atoms with van der Waals surface area (Å²) in [4.78, 5) is 36.6. The predicted octanol–water partition coefficient (Wildman–Crippen LogP) is 7.06. The number of anilines is 2. The lowest BCUT2D eigenvalue weighted by Crippen LogP contribution is -2.30. The number of nitrogens with zero attached hydrogens (tertiary/aromatic N) is 4. The first-order chi connectivity index (χ1) is 20.7. The molecule has 0 spiro atoms. The first-order valence-corrected chi connectivity index (χ1v) is 14.5. The van der Waals surface area contributed by atoms with Crippen LogP contribution in [0.15, 0.2) is 84.3 Å². The smallest absolute Gasteiger partial charge is 0.323 e. The number of benzene rings is 2. The number of imidazole rings is 1. The second kappa shape index (κ2) is 12.5. The van der Waals surface area contributed by atoms with Crippen molar-refractivity contribution in [2.75, 3.05) is 17.7 Å². The summed E-state index contributed by atoms with van der Waals surface area (Å²) in [5.41, 5.74) is 4.23. The lowest BCUT2D eigenvalue weighted by atomic mass is 9.85. The van der Waals surface area contributed by atoms with Crippen molar-refractivity contribution < 1.29 is 9.53 Å². The zero-order valence-corrected chi connectivity index (χ0v) is 25.3. The number of aryl methyl sites for hydroxylation is 1. The number of carbonyl (C=O) groups excluding carboxylic acids is 1. The normalized spacial score (nSPS) is 11.5. The Kier molecular flexibility index (Phi) is 8.61. The van der Waals surface area contributed by atoms with Crippen molar-refractivity contribution in [1.82, 2.24) is 19.1 Å². The second-order valence-electron chi connectivity index (χ2n) is 11.6. The van der Waals surface area contributed by atoms with Crippen LogP contribution in [-0.2, 0) is 18.5 Å². The summed E-state index contributed by atoms with van der Waals surface area (Å²) in [5.74, 6) is 0.643. The maximum atomic E-state index is 14.1. The molecule has 0 saturated carbocycles. The van der Waals surface area contributed by atoms with E-state index in [-0.39, 0.29) is 16.7 Å². The third kappa shape index (κ3) is 6.45. The minimum atomic E-state index is -0.503. The number of pyridine rings is 2. The first kappa shape index (κ1) is 29.6. The fraction of sp³-hybridized carbons (Fsp3) is 0.294. The van der Waals surface area contributed by atoms with Crippen molar-refractivity contribution in [1.29, 1.82) is 0 Å². The van der Waals surface area contributed by atoms with Gasteiger partial charge in [0, 0.05) is 48.3 Å². The van der Waals surface area contributed by atoms with Crippen LogP contribution in [-0.4, -0.2) is 32.2 Å². The number of amides is 2. The molecule has 2 N–H and O–H groups in total. The lowest BCUT2D eigenvalue weighted by Gasteiger charge is -2.24. The van der Waals surface area contributed by atoms with Gasteiger partial charge < -0.3 is 19.9 Å². The van der Waals surface area contributed by atoms with Crippen LogP contribution in [0.25, 0.3) is 22.2 Å². The third-order valence-corrected chi connectivity index (χ3v) is 7.42. The average Bonchev–Trinajstić information content (AvgIpc) is 3.50. The fourth-order valence-corrected chi connectivity index (χ4v) is 5.30. The summed E-state index contributed by atoms with van der Waals surface area (Å²) in [6, 6.07) is 16.8. The highest BCUT2D eigenvalue weighted by Crippen LogP contribution is 2.35. The zero-order valence-electron chi connectivity index (χ0n) is 25.3. The molecule has 9 nitrogen and oxygen atoms in total. The Hall–Kier alpha value is -4.92. The van der Waals surface area contributed by atoms with Crippen LogP contribution in [0.3, 0.4) is 0 Å². The molecule has 3 heterocycles. The van der Waals surface area contributed by atoms with E-state index in [1.54, 1.807) is 30.4 Å². The van der Waals surface area contributed by atoms with Gasteiger partial charge in [-0.1, -0.05) is 58.4 Å². The highest BCUT2D eigenvalue weighted by molar-refractivity contribution is 6.07. The maximum absolute atomic E-state index is 14.1. The van der Waals surface area contributed by atoms with Crippen molar-refractivity contribution in [3.63, 3.8) is 0 Å². The number of methoxy groups -OCH3 is 1. The molecule has 0 aliphatic heterocycles. The number of aromatic nitrogens is 4. The van der Waals surface area contributed by atoms with Gasteiger partial charge in [0.2, 0.25) is 0 Å². The molecule has 0 aliphatic rings. The molecule has 9 heteroatoms. The van der Waals surface area contributed by atoms with Crippen molar-refractivity contribution in [3.8, 4) is 16.9 Å². The average molecular weight is 579 g/mol. The monoisotopic (exact) mass is 578 g/mol. The Morgan fingerprint density at radius 1 is 1.02 bits per heavy atom. The number of nitrogens with one attached hydrogen (secondary N) is 2. The van der Waals surface area contributed by atoms with Gasteiger partial charge in [-0.05, 0) is 58.9 Å². The Balaban J connectivity index is 1.60. The molecule has 3 aromatic heterocycles.